The Morgan fingerprint density at radius 3 is 2.72 bits per heavy atom. The summed E-state index contributed by atoms with van der Waals surface area (Å²) >= 11 is 0. The highest BCUT2D eigenvalue weighted by Crippen LogP contribution is 2.24. The summed E-state index contributed by atoms with van der Waals surface area (Å²) < 4.78 is 0. The van der Waals surface area contributed by atoms with Crippen molar-refractivity contribution >= 4 is 10.9 Å². The van der Waals surface area contributed by atoms with E-state index < -0.39 is 0 Å². The van der Waals surface area contributed by atoms with E-state index in [4.69, 9.17) is 0 Å². The van der Waals surface area contributed by atoms with Crippen molar-refractivity contribution in [2.75, 3.05) is 13.1 Å². The van der Waals surface area contributed by atoms with E-state index in [1.165, 1.54) is 54.4 Å². The van der Waals surface area contributed by atoms with Crippen molar-refractivity contribution in [1.82, 2.24) is 15.1 Å². The molecule has 3 aromatic rings. The fourth-order valence-electron chi connectivity index (χ4n) is 4.05. The zero-order valence-electron chi connectivity index (χ0n) is 15.0. The minimum atomic E-state index is 0.757. The first kappa shape index (κ1) is 16.3. The maximum Gasteiger partial charge on any atom is 0.0650 e. The van der Waals surface area contributed by atoms with Gasteiger partial charge < -0.3 is 0 Å². The summed E-state index contributed by atoms with van der Waals surface area (Å²) in [6.07, 6.45) is 6.87. The number of aromatic amines is 1. The molecule has 0 aliphatic carbocycles. The normalized spacial score (nSPS) is 18.7. The van der Waals surface area contributed by atoms with Crippen LogP contribution >= 0.6 is 0 Å². The second kappa shape index (κ2) is 7.40. The Morgan fingerprint density at radius 1 is 1.08 bits per heavy atom. The van der Waals surface area contributed by atoms with Gasteiger partial charge in [-0.2, -0.15) is 5.10 Å². The molecule has 3 nitrogen and oxygen atoms in total. The fourth-order valence-corrected chi connectivity index (χ4v) is 4.05. The van der Waals surface area contributed by atoms with Crippen LogP contribution in [0.3, 0.4) is 0 Å². The number of piperidine rings is 1. The molecule has 1 aromatic heterocycles. The van der Waals surface area contributed by atoms with Gasteiger partial charge in [-0.3, -0.25) is 10.00 Å². The summed E-state index contributed by atoms with van der Waals surface area (Å²) in [7, 11) is 0. The molecule has 3 heteroatoms. The van der Waals surface area contributed by atoms with Gasteiger partial charge in [-0.05, 0) is 67.0 Å². The van der Waals surface area contributed by atoms with Crippen LogP contribution < -0.4 is 0 Å². The van der Waals surface area contributed by atoms with Crippen LogP contribution in [0, 0.1) is 5.92 Å². The van der Waals surface area contributed by atoms with Crippen LogP contribution in [-0.4, -0.2) is 28.2 Å². The van der Waals surface area contributed by atoms with E-state index in [1.807, 2.05) is 6.20 Å². The Labute approximate surface area is 150 Å². The maximum atomic E-state index is 4.13. The van der Waals surface area contributed by atoms with Gasteiger partial charge in [0.15, 0.2) is 0 Å². The zero-order valence-corrected chi connectivity index (χ0v) is 15.0. The van der Waals surface area contributed by atoms with Crippen LogP contribution in [0.5, 0.6) is 0 Å². The van der Waals surface area contributed by atoms with Crippen LogP contribution in [0.1, 0.15) is 36.5 Å². The van der Waals surface area contributed by atoms with Crippen LogP contribution in [0.4, 0.5) is 0 Å². The molecule has 2 aromatic carbocycles. The van der Waals surface area contributed by atoms with Gasteiger partial charge in [0.05, 0.1) is 11.7 Å². The third kappa shape index (κ3) is 3.93. The molecule has 1 aliphatic heterocycles. The van der Waals surface area contributed by atoms with E-state index >= 15 is 0 Å². The molecular weight excluding hydrogens is 306 g/mol. The summed E-state index contributed by atoms with van der Waals surface area (Å²) in [5, 5.41) is 8.39. The number of aryl methyl sites for hydroxylation is 1. The highest BCUT2D eigenvalue weighted by molar-refractivity contribution is 5.78. The van der Waals surface area contributed by atoms with Crippen molar-refractivity contribution in [3.05, 3.63) is 65.4 Å². The molecule has 130 valence electrons. The van der Waals surface area contributed by atoms with E-state index in [-0.39, 0.29) is 0 Å². The SMILES string of the molecule is CCc1ccc(CN2CCCC(Cc3ccc4[nH]ncc4c3)C2)cc1. The van der Waals surface area contributed by atoms with E-state index in [0.717, 1.165) is 24.4 Å². The minimum Gasteiger partial charge on any atom is -0.299 e. The molecule has 1 N–H and O–H groups in total. The number of likely N-dealkylation sites (tertiary alicyclic amines) is 1. The summed E-state index contributed by atoms with van der Waals surface area (Å²) in [5.41, 5.74) is 5.44. The molecule has 0 saturated carbocycles. The Morgan fingerprint density at radius 2 is 1.88 bits per heavy atom. The molecule has 0 radical (unpaired) electrons. The Hall–Kier alpha value is -2.13. The van der Waals surface area contributed by atoms with Crippen molar-refractivity contribution < 1.29 is 0 Å². The summed E-state index contributed by atoms with van der Waals surface area (Å²) in [6.45, 7) is 5.73. The highest BCUT2D eigenvalue weighted by Gasteiger charge is 2.20. The van der Waals surface area contributed by atoms with Crippen molar-refractivity contribution in [2.45, 2.75) is 39.2 Å². The monoisotopic (exact) mass is 333 g/mol. The van der Waals surface area contributed by atoms with E-state index in [1.54, 1.807) is 0 Å². The molecule has 0 bridgehead atoms. The lowest BCUT2D eigenvalue weighted by Crippen LogP contribution is -2.35. The van der Waals surface area contributed by atoms with E-state index in [9.17, 15) is 0 Å². The van der Waals surface area contributed by atoms with Crippen molar-refractivity contribution in [2.24, 2.45) is 5.92 Å². The minimum absolute atomic E-state index is 0.757. The van der Waals surface area contributed by atoms with E-state index in [0.29, 0.717) is 0 Å². The second-order valence-corrected chi connectivity index (χ2v) is 7.41. The molecule has 1 unspecified atom stereocenters. The Kier molecular flexibility index (Phi) is 4.84. The third-order valence-electron chi connectivity index (χ3n) is 5.47. The number of fused-ring (bicyclic) bond motifs is 1. The van der Waals surface area contributed by atoms with Crippen LogP contribution in [-0.2, 0) is 19.4 Å². The third-order valence-corrected chi connectivity index (χ3v) is 5.47. The van der Waals surface area contributed by atoms with Gasteiger partial charge in [0, 0.05) is 18.5 Å². The van der Waals surface area contributed by atoms with Crippen LogP contribution in [0.2, 0.25) is 0 Å². The number of hydrogen-bond donors (Lipinski definition) is 1. The lowest BCUT2D eigenvalue weighted by atomic mass is 9.90. The number of nitrogens with one attached hydrogen (secondary N) is 1. The second-order valence-electron chi connectivity index (χ2n) is 7.41. The first-order valence-corrected chi connectivity index (χ1v) is 9.52. The smallest absolute Gasteiger partial charge is 0.0650 e. The largest absolute Gasteiger partial charge is 0.299 e. The molecular formula is C22H27N3. The summed E-state index contributed by atoms with van der Waals surface area (Å²) in [6, 6.07) is 15.9. The number of H-pyrrole nitrogens is 1. The van der Waals surface area contributed by atoms with Crippen LogP contribution in [0.15, 0.2) is 48.7 Å². The molecule has 1 atom stereocenters. The number of rotatable bonds is 5. The predicted octanol–water partition coefficient (Wildman–Crippen LogP) is 4.58. The summed E-state index contributed by atoms with van der Waals surface area (Å²) in [5.74, 6) is 0.757. The van der Waals surface area contributed by atoms with Crippen molar-refractivity contribution in [3.63, 3.8) is 0 Å². The van der Waals surface area contributed by atoms with Gasteiger partial charge in [0.2, 0.25) is 0 Å². The molecule has 1 saturated heterocycles. The predicted molar refractivity (Wildman–Crippen MR) is 104 cm³/mol. The fraction of sp³-hybridized carbons (Fsp3) is 0.409. The van der Waals surface area contributed by atoms with Gasteiger partial charge in [0.25, 0.3) is 0 Å². The quantitative estimate of drug-likeness (QED) is 0.741. The number of nitrogens with zero attached hydrogens (tertiary/aromatic N) is 2. The lowest BCUT2D eigenvalue weighted by Gasteiger charge is -2.33. The van der Waals surface area contributed by atoms with Gasteiger partial charge in [-0.25, -0.2) is 0 Å². The van der Waals surface area contributed by atoms with Crippen molar-refractivity contribution in [1.29, 1.82) is 0 Å². The molecule has 1 aliphatic rings. The molecule has 1 fully saturated rings. The lowest BCUT2D eigenvalue weighted by molar-refractivity contribution is 0.167. The van der Waals surface area contributed by atoms with Crippen molar-refractivity contribution in [3.8, 4) is 0 Å². The average molecular weight is 333 g/mol. The topological polar surface area (TPSA) is 31.9 Å². The molecule has 4 rings (SSSR count). The summed E-state index contributed by atoms with van der Waals surface area (Å²) in [4.78, 5) is 2.63. The zero-order chi connectivity index (χ0) is 17.1. The molecule has 0 spiro atoms. The standard InChI is InChI=1S/C22H27N3/c1-2-17-5-7-18(8-6-17)15-25-11-3-4-20(16-25)12-19-9-10-22-21(13-19)14-23-24-22/h5-10,13-14,20H,2-4,11-12,15-16H2,1H3,(H,23,24). The van der Waals surface area contributed by atoms with Crippen LogP contribution in [0.25, 0.3) is 10.9 Å². The van der Waals surface area contributed by atoms with E-state index in [2.05, 4.69) is 64.5 Å². The van der Waals surface area contributed by atoms with Gasteiger partial charge in [-0.15, -0.1) is 0 Å². The Bertz CT molecular complexity index is 819. The van der Waals surface area contributed by atoms with Gasteiger partial charge in [-0.1, -0.05) is 37.3 Å². The number of aromatic nitrogens is 2. The number of benzene rings is 2. The first-order valence-electron chi connectivity index (χ1n) is 9.52. The van der Waals surface area contributed by atoms with Gasteiger partial charge in [0.1, 0.15) is 0 Å². The average Bonchev–Trinajstić information content (AvgIpc) is 3.10. The highest BCUT2D eigenvalue weighted by atomic mass is 15.1. The molecule has 0 amide bonds. The maximum absolute atomic E-state index is 4.13. The number of hydrogen-bond acceptors (Lipinski definition) is 2. The van der Waals surface area contributed by atoms with Gasteiger partial charge >= 0.3 is 0 Å². The first-order chi connectivity index (χ1) is 12.3. The molecule has 25 heavy (non-hydrogen) atoms. The molecule has 2 heterocycles. The Balaban J connectivity index is 1.38.